The Hall–Kier alpha value is -1.70. The lowest BCUT2D eigenvalue weighted by atomic mass is 10.4. The van der Waals surface area contributed by atoms with Crippen LogP contribution in [0.5, 0.6) is 0 Å². The van der Waals surface area contributed by atoms with E-state index in [0.29, 0.717) is 19.1 Å². The molecule has 0 aromatic carbocycles. The van der Waals surface area contributed by atoms with Crippen molar-refractivity contribution in [2.75, 3.05) is 0 Å². The smallest absolute Gasteiger partial charge is 0.249 e. The van der Waals surface area contributed by atoms with Crippen LogP contribution in [0.1, 0.15) is 17.9 Å². The molecule has 2 N–H and O–H groups in total. The average molecular weight is 540 g/mol. The van der Waals surface area contributed by atoms with Crippen LogP contribution >= 0.6 is 45.2 Å². The number of halogens is 2. The van der Waals surface area contributed by atoms with Gasteiger partial charge in [-0.05, 0) is 69.4 Å². The summed E-state index contributed by atoms with van der Waals surface area (Å²) in [5.74, 6) is -0.140. The van der Waals surface area contributed by atoms with E-state index in [-0.39, 0.29) is 0 Å². The predicted molar refractivity (Wildman–Crippen MR) is 98.9 cm³/mol. The summed E-state index contributed by atoms with van der Waals surface area (Å²) < 4.78 is 11.9. The van der Waals surface area contributed by atoms with Gasteiger partial charge in [0.25, 0.3) is 0 Å². The molecule has 0 aliphatic rings. The van der Waals surface area contributed by atoms with Crippen molar-refractivity contribution < 1.29 is 18.4 Å². The van der Waals surface area contributed by atoms with Crippen LogP contribution in [-0.2, 0) is 9.59 Å². The van der Waals surface area contributed by atoms with Gasteiger partial charge >= 0.3 is 0 Å². The highest BCUT2D eigenvalue weighted by Gasteiger charge is 2.07. The van der Waals surface area contributed by atoms with Crippen molar-refractivity contribution in [2.24, 2.45) is 10.2 Å². The summed E-state index contributed by atoms with van der Waals surface area (Å²) in [6.45, 7) is 0. The SMILES string of the molecule is O=C(CC(=O)N/N=C/c1ccc(I)o1)N/N=C/c1ccc(I)o1. The number of nitrogens with zero attached hydrogens (tertiary/aromatic N) is 2. The molecule has 10 heteroatoms. The minimum absolute atomic E-state index is 0.403. The minimum atomic E-state index is -0.567. The van der Waals surface area contributed by atoms with Crippen molar-refractivity contribution in [3.63, 3.8) is 0 Å². The summed E-state index contributed by atoms with van der Waals surface area (Å²) in [6, 6.07) is 6.92. The second-order valence-electron chi connectivity index (χ2n) is 4.05. The van der Waals surface area contributed by atoms with E-state index >= 15 is 0 Å². The Morgan fingerprint density at radius 3 is 1.70 bits per heavy atom. The summed E-state index contributed by atoms with van der Waals surface area (Å²) in [6.07, 6.45) is 2.28. The molecule has 0 aliphatic heterocycles. The number of hydrogen-bond donors (Lipinski definition) is 2. The van der Waals surface area contributed by atoms with Crippen molar-refractivity contribution in [1.29, 1.82) is 0 Å². The lowest BCUT2D eigenvalue weighted by Gasteiger charge is -1.98. The maximum Gasteiger partial charge on any atom is 0.249 e. The highest BCUT2D eigenvalue weighted by Crippen LogP contribution is 2.08. The van der Waals surface area contributed by atoms with Crippen LogP contribution in [0.2, 0.25) is 0 Å². The third kappa shape index (κ3) is 6.52. The number of amides is 2. The molecule has 0 unspecified atom stereocenters. The molecule has 0 saturated carbocycles. The largest absolute Gasteiger partial charge is 0.449 e. The molecule has 0 radical (unpaired) electrons. The van der Waals surface area contributed by atoms with E-state index in [1.165, 1.54) is 12.4 Å². The summed E-state index contributed by atoms with van der Waals surface area (Å²) in [4.78, 5) is 23.0. The lowest BCUT2D eigenvalue weighted by molar-refractivity contribution is -0.129. The van der Waals surface area contributed by atoms with Gasteiger partial charge < -0.3 is 8.83 Å². The molecule has 2 amide bonds. The summed E-state index contributed by atoms with van der Waals surface area (Å²) in [5.41, 5.74) is 4.44. The molecule has 2 aromatic rings. The average Bonchev–Trinajstić information content (AvgIpc) is 3.07. The first-order valence-electron chi connectivity index (χ1n) is 6.17. The molecule has 0 fully saturated rings. The van der Waals surface area contributed by atoms with Crippen LogP contribution in [0.3, 0.4) is 0 Å². The number of furan rings is 2. The molecule has 8 nitrogen and oxygen atoms in total. The summed E-state index contributed by atoms with van der Waals surface area (Å²) in [7, 11) is 0. The monoisotopic (exact) mass is 540 g/mol. The Morgan fingerprint density at radius 1 is 0.913 bits per heavy atom. The van der Waals surface area contributed by atoms with Gasteiger partial charge in [0.15, 0.2) is 7.53 Å². The number of carbonyl (C=O) groups excluding carboxylic acids is 2. The maximum absolute atomic E-state index is 11.5. The molecule has 0 bridgehead atoms. The van der Waals surface area contributed by atoms with Crippen molar-refractivity contribution in [1.82, 2.24) is 10.9 Å². The van der Waals surface area contributed by atoms with E-state index in [4.69, 9.17) is 8.83 Å². The number of rotatable bonds is 6. The van der Waals surface area contributed by atoms with Gasteiger partial charge in [-0.1, -0.05) is 0 Å². The van der Waals surface area contributed by atoms with Crippen LogP contribution < -0.4 is 10.9 Å². The number of hydrogen-bond acceptors (Lipinski definition) is 6. The first kappa shape index (κ1) is 17.7. The molecule has 0 saturated heterocycles. The van der Waals surface area contributed by atoms with Gasteiger partial charge in [-0.15, -0.1) is 0 Å². The van der Waals surface area contributed by atoms with Crippen molar-refractivity contribution in [3.8, 4) is 0 Å². The molecule has 0 aliphatic carbocycles. The van der Waals surface area contributed by atoms with E-state index in [2.05, 4.69) is 21.1 Å². The van der Waals surface area contributed by atoms with Crippen molar-refractivity contribution >= 4 is 69.4 Å². The Kier molecular flexibility index (Phi) is 6.76. The maximum atomic E-state index is 11.5. The number of carbonyl (C=O) groups is 2. The van der Waals surface area contributed by atoms with Gasteiger partial charge in [0.2, 0.25) is 11.8 Å². The zero-order chi connectivity index (χ0) is 16.7. The third-order valence-electron chi connectivity index (χ3n) is 2.27. The fraction of sp³-hybridized carbons (Fsp3) is 0.0769. The quantitative estimate of drug-likeness (QED) is 0.253. The first-order valence-corrected chi connectivity index (χ1v) is 8.33. The second-order valence-corrected chi connectivity index (χ2v) is 6.17. The van der Waals surface area contributed by atoms with Crippen LogP contribution in [0.15, 0.2) is 43.3 Å². The highest BCUT2D eigenvalue weighted by atomic mass is 127. The van der Waals surface area contributed by atoms with Crippen LogP contribution in [-0.4, -0.2) is 24.2 Å². The standard InChI is InChI=1S/C13H10I2N4O4/c14-10-3-1-8(22-10)6-16-18-12(20)5-13(21)19-17-7-9-2-4-11(15)23-9/h1-4,6-7H,5H2,(H,18,20)(H,19,21)/b16-6+,17-7+. The fourth-order valence-electron chi connectivity index (χ4n) is 1.36. The Morgan fingerprint density at radius 2 is 1.35 bits per heavy atom. The molecule has 0 atom stereocenters. The van der Waals surface area contributed by atoms with Gasteiger partial charge in [-0.3, -0.25) is 9.59 Å². The molecule has 2 heterocycles. The zero-order valence-electron chi connectivity index (χ0n) is 11.5. The van der Waals surface area contributed by atoms with Gasteiger partial charge in [-0.25, -0.2) is 10.9 Å². The molecule has 2 aromatic heterocycles. The van der Waals surface area contributed by atoms with Crippen molar-refractivity contribution in [2.45, 2.75) is 6.42 Å². The minimum Gasteiger partial charge on any atom is -0.449 e. The molecular formula is C13H10I2N4O4. The molecular weight excluding hydrogens is 530 g/mol. The summed E-state index contributed by atoms with van der Waals surface area (Å²) >= 11 is 4.02. The first-order chi connectivity index (χ1) is 11.0. The third-order valence-corrected chi connectivity index (χ3v) is 3.43. The van der Waals surface area contributed by atoms with E-state index in [0.717, 1.165) is 0 Å². The van der Waals surface area contributed by atoms with E-state index in [9.17, 15) is 9.59 Å². The Bertz CT molecular complexity index is 688. The Labute approximate surface area is 158 Å². The molecule has 120 valence electrons. The molecule has 2 rings (SSSR count). The zero-order valence-corrected chi connectivity index (χ0v) is 15.8. The van der Waals surface area contributed by atoms with Gasteiger partial charge in [0.1, 0.15) is 17.9 Å². The van der Waals surface area contributed by atoms with Crippen LogP contribution in [0.4, 0.5) is 0 Å². The predicted octanol–water partition coefficient (Wildman–Crippen LogP) is 2.07. The van der Waals surface area contributed by atoms with E-state index in [1.807, 2.05) is 45.2 Å². The molecule has 23 heavy (non-hydrogen) atoms. The van der Waals surface area contributed by atoms with Gasteiger partial charge in [0, 0.05) is 0 Å². The molecule has 0 spiro atoms. The second kappa shape index (κ2) is 8.81. The lowest BCUT2D eigenvalue weighted by Crippen LogP contribution is -2.27. The van der Waals surface area contributed by atoms with Crippen LogP contribution in [0, 0.1) is 7.53 Å². The number of hydrazone groups is 2. The van der Waals surface area contributed by atoms with Gasteiger partial charge in [-0.2, -0.15) is 10.2 Å². The Balaban J connectivity index is 1.71. The van der Waals surface area contributed by atoms with Crippen LogP contribution in [0.25, 0.3) is 0 Å². The van der Waals surface area contributed by atoms with E-state index in [1.54, 1.807) is 24.3 Å². The van der Waals surface area contributed by atoms with Gasteiger partial charge in [0.05, 0.1) is 12.4 Å². The van der Waals surface area contributed by atoms with E-state index < -0.39 is 18.2 Å². The topological polar surface area (TPSA) is 109 Å². The number of nitrogens with one attached hydrogen (secondary N) is 2. The summed E-state index contributed by atoms with van der Waals surface area (Å²) in [5, 5.41) is 7.37. The van der Waals surface area contributed by atoms with Crippen molar-refractivity contribution in [3.05, 3.63) is 43.3 Å². The fourth-order valence-corrected chi connectivity index (χ4v) is 2.22. The normalized spacial score (nSPS) is 11.2. The highest BCUT2D eigenvalue weighted by molar-refractivity contribution is 14.1.